The molecule has 0 aliphatic carbocycles. The minimum absolute atomic E-state index is 0.00119. The third-order valence-electron chi connectivity index (χ3n) is 7.10. The molecule has 0 saturated heterocycles. The molecule has 2 aliphatic rings. The molecule has 0 amide bonds. The minimum Gasteiger partial charge on any atom is -0.508 e. The first-order chi connectivity index (χ1) is 21.0. The van der Waals surface area contributed by atoms with Gasteiger partial charge in [-0.15, -0.1) is 0 Å². The summed E-state index contributed by atoms with van der Waals surface area (Å²) < 4.78 is 17.9. The summed E-state index contributed by atoms with van der Waals surface area (Å²) in [6.07, 6.45) is 6.66. The molecule has 7 nitrogen and oxygen atoms in total. The summed E-state index contributed by atoms with van der Waals surface area (Å²) >= 11 is 19.5. The molecule has 44 heavy (non-hydrogen) atoms. The molecule has 0 fully saturated rings. The molecule has 2 aliphatic heterocycles. The maximum Gasteiger partial charge on any atom is 0.172 e. The lowest BCUT2D eigenvalue weighted by molar-refractivity contribution is 0.376. The molecular weight excluding hydrogens is 627 g/mol. The molecular formula is C34H29Cl3O7. The van der Waals surface area contributed by atoms with Crippen LogP contribution in [0.3, 0.4) is 0 Å². The molecule has 228 valence electrons. The van der Waals surface area contributed by atoms with Gasteiger partial charge in [-0.2, -0.15) is 0 Å². The van der Waals surface area contributed by atoms with Crippen LogP contribution in [0.4, 0.5) is 0 Å². The Kier molecular flexibility index (Phi) is 9.39. The van der Waals surface area contributed by atoms with Gasteiger partial charge in [-0.25, -0.2) is 0 Å². The second kappa shape index (κ2) is 13.2. The summed E-state index contributed by atoms with van der Waals surface area (Å²) in [5.41, 5.74) is 3.20. The standard InChI is InChI=1S/C34H29Cl3O7/c1-18-9-19-10-23(35)8-7-21-14-31(26(37)17-28(21)40)44-34-22(12-24(38)15-29(34)41)6-4-3-5-20-13-30(25(36)16-27(20)39)43-33(18)32(11-19)42-2/h3-4,8-9,11-17,38-41H,5-7,10H2,1-2H3/b4-3-,23-8+. The fourth-order valence-electron chi connectivity index (χ4n) is 4.91. The highest BCUT2D eigenvalue weighted by Gasteiger charge is 2.18. The fraction of sp³-hybridized carbons (Fsp3) is 0.176. The number of phenols is 4. The third-order valence-corrected chi connectivity index (χ3v) is 7.98. The van der Waals surface area contributed by atoms with Crippen LogP contribution in [-0.4, -0.2) is 27.5 Å². The van der Waals surface area contributed by atoms with Gasteiger partial charge in [0, 0.05) is 46.3 Å². The number of hydrogen-bond acceptors (Lipinski definition) is 7. The summed E-state index contributed by atoms with van der Waals surface area (Å²) in [4.78, 5) is 0. The normalized spacial score (nSPS) is 15.4. The average Bonchev–Trinajstić information content (AvgIpc) is 2.95. The summed E-state index contributed by atoms with van der Waals surface area (Å²) in [6.45, 7) is 1.89. The fourth-order valence-corrected chi connectivity index (χ4v) is 5.53. The number of allylic oxidation sites excluding steroid dienone is 4. The number of methoxy groups -OCH3 is 1. The van der Waals surface area contributed by atoms with Gasteiger partial charge < -0.3 is 34.6 Å². The van der Waals surface area contributed by atoms with Crippen LogP contribution in [0, 0.1) is 6.92 Å². The Bertz CT molecular complexity index is 1800. The number of fused-ring (bicyclic) bond motifs is 6. The zero-order chi connectivity index (χ0) is 31.5. The number of aromatic hydroxyl groups is 4. The van der Waals surface area contributed by atoms with Gasteiger partial charge in [0.15, 0.2) is 23.0 Å². The predicted octanol–water partition coefficient (Wildman–Crippen LogP) is 9.28. The number of ether oxygens (including phenoxy) is 3. The lowest BCUT2D eigenvalue weighted by atomic mass is 10.0. The highest BCUT2D eigenvalue weighted by molar-refractivity contribution is 6.32. The van der Waals surface area contributed by atoms with Gasteiger partial charge in [-0.1, -0.05) is 59.1 Å². The number of benzene rings is 4. The molecule has 10 heteroatoms. The van der Waals surface area contributed by atoms with Crippen LogP contribution in [0.5, 0.6) is 51.7 Å². The molecule has 4 aromatic carbocycles. The van der Waals surface area contributed by atoms with Gasteiger partial charge in [0.2, 0.25) is 0 Å². The number of phenolic OH excluding ortho intramolecular Hbond substituents is 4. The number of halogens is 3. The van der Waals surface area contributed by atoms with E-state index in [0.717, 1.165) is 11.1 Å². The van der Waals surface area contributed by atoms with E-state index in [1.807, 2.05) is 31.2 Å². The molecule has 0 spiro atoms. The average molecular weight is 656 g/mol. The van der Waals surface area contributed by atoms with Crippen LogP contribution in [-0.2, 0) is 25.7 Å². The van der Waals surface area contributed by atoms with E-state index in [1.165, 1.54) is 24.3 Å². The van der Waals surface area contributed by atoms with Gasteiger partial charge in [-0.3, -0.25) is 0 Å². The van der Waals surface area contributed by atoms with Crippen molar-refractivity contribution in [1.82, 2.24) is 0 Å². The van der Waals surface area contributed by atoms with E-state index in [1.54, 1.807) is 25.3 Å². The first kappa shape index (κ1) is 31.3. The van der Waals surface area contributed by atoms with Crippen molar-refractivity contribution in [3.63, 3.8) is 0 Å². The van der Waals surface area contributed by atoms with Gasteiger partial charge in [-0.05, 0) is 61.6 Å². The van der Waals surface area contributed by atoms with Crippen molar-refractivity contribution >= 4 is 34.8 Å². The summed E-state index contributed by atoms with van der Waals surface area (Å²) in [5, 5.41) is 42.9. The first-order valence-corrected chi connectivity index (χ1v) is 14.8. The van der Waals surface area contributed by atoms with Crippen LogP contribution < -0.4 is 14.2 Å². The lowest BCUT2D eigenvalue weighted by Crippen LogP contribution is -1.98. The quantitative estimate of drug-likeness (QED) is 0.151. The number of rotatable bonds is 1. The van der Waals surface area contributed by atoms with Crippen molar-refractivity contribution in [1.29, 1.82) is 0 Å². The molecule has 4 aromatic rings. The Hall–Kier alpha value is -4.17. The van der Waals surface area contributed by atoms with Crippen molar-refractivity contribution in [2.75, 3.05) is 7.11 Å². The Labute approximate surface area is 269 Å². The number of aryl methyl sites for hydroxylation is 1. The molecule has 0 unspecified atom stereocenters. The molecule has 0 atom stereocenters. The van der Waals surface area contributed by atoms with Crippen molar-refractivity contribution < 1.29 is 34.6 Å². The maximum atomic E-state index is 10.7. The predicted molar refractivity (Wildman–Crippen MR) is 172 cm³/mol. The highest BCUT2D eigenvalue weighted by Crippen LogP contribution is 2.43. The molecule has 0 radical (unpaired) electrons. The van der Waals surface area contributed by atoms with Crippen molar-refractivity contribution in [2.45, 2.75) is 32.6 Å². The molecule has 6 bridgehead atoms. The van der Waals surface area contributed by atoms with Crippen molar-refractivity contribution in [3.8, 4) is 51.7 Å². The zero-order valence-electron chi connectivity index (χ0n) is 23.8. The van der Waals surface area contributed by atoms with E-state index in [2.05, 4.69) is 0 Å². The van der Waals surface area contributed by atoms with E-state index >= 15 is 0 Å². The van der Waals surface area contributed by atoms with Gasteiger partial charge in [0.1, 0.15) is 28.7 Å². The molecule has 0 saturated carbocycles. The smallest absolute Gasteiger partial charge is 0.172 e. The van der Waals surface area contributed by atoms with Crippen LogP contribution in [0.25, 0.3) is 0 Å². The van der Waals surface area contributed by atoms with E-state index in [-0.39, 0.29) is 57.4 Å². The molecule has 0 aromatic heterocycles. The molecule has 4 N–H and O–H groups in total. The first-order valence-electron chi connectivity index (χ1n) is 13.6. The van der Waals surface area contributed by atoms with Crippen LogP contribution >= 0.6 is 34.8 Å². The Balaban J connectivity index is 1.61. The summed E-state index contributed by atoms with van der Waals surface area (Å²) in [6, 6.07) is 12.4. The lowest BCUT2D eigenvalue weighted by Gasteiger charge is -2.17. The number of hydrogen-bond donors (Lipinski definition) is 4. The van der Waals surface area contributed by atoms with Gasteiger partial charge >= 0.3 is 0 Å². The Morgan fingerprint density at radius 2 is 1.25 bits per heavy atom. The van der Waals surface area contributed by atoms with E-state index in [4.69, 9.17) is 49.0 Å². The monoisotopic (exact) mass is 654 g/mol. The maximum absolute atomic E-state index is 10.7. The Morgan fingerprint density at radius 3 is 1.89 bits per heavy atom. The largest absolute Gasteiger partial charge is 0.508 e. The van der Waals surface area contributed by atoms with E-state index in [0.29, 0.717) is 51.8 Å². The van der Waals surface area contributed by atoms with Crippen molar-refractivity contribution in [2.24, 2.45) is 0 Å². The second-order valence-electron chi connectivity index (χ2n) is 10.3. The van der Waals surface area contributed by atoms with Gasteiger partial charge in [0.05, 0.1) is 17.2 Å². The van der Waals surface area contributed by atoms with Crippen molar-refractivity contribution in [3.05, 3.63) is 110 Å². The van der Waals surface area contributed by atoms with Crippen LogP contribution in [0.15, 0.2) is 71.8 Å². The third kappa shape index (κ3) is 6.97. The second-order valence-corrected chi connectivity index (χ2v) is 11.6. The molecule has 6 rings (SSSR count). The Morgan fingerprint density at radius 1 is 0.659 bits per heavy atom. The highest BCUT2D eigenvalue weighted by atomic mass is 35.5. The molecule has 2 heterocycles. The van der Waals surface area contributed by atoms with Crippen LogP contribution in [0.1, 0.15) is 27.8 Å². The van der Waals surface area contributed by atoms with E-state index in [9.17, 15) is 20.4 Å². The summed E-state index contributed by atoms with van der Waals surface area (Å²) in [7, 11) is 1.54. The SMILES string of the molecule is COc1cc2cc(C)c1Oc1cc(c(O)cc1Cl)C/C=C\Cc1cc(O)cc(O)c1Oc1cc(c(O)cc1Cl)C/C=C(/Cl)C2. The van der Waals surface area contributed by atoms with Gasteiger partial charge in [0.25, 0.3) is 0 Å². The zero-order valence-corrected chi connectivity index (χ0v) is 26.1. The minimum atomic E-state index is -0.287. The topological polar surface area (TPSA) is 109 Å². The summed E-state index contributed by atoms with van der Waals surface area (Å²) in [5.74, 6) is 1.12. The van der Waals surface area contributed by atoms with E-state index < -0.39 is 0 Å². The van der Waals surface area contributed by atoms with Crippen LogP contribution in [0.2, 0.25) is 10.0 Å².